The first-order valence-corrected chi connectivity index (χ1v) is 4.80. The van der Waals surface area contributed by atoms with Crippen LogP contribution in [0, 0.1) is 6.07 Å². The second-order valence-corrected chi connectivity index (χ2v) is 3.45. The summed E-state index contributed by atoms with van der Waals surface area (Å²) in [5.41, 5.74) is 7.52. The fraction of sp³-hybridized carbons (Fsp3) is 0.273. The van der Waals surface area contributed by atoms with Crippen LogP contribution in [-0.4, -0.2) is 15.7 Å². The van der Waals surface area contributed by atoms with Crippen molar-refractivity contribution in [2.45, 2.75) is 13.3 Å². The number of aromatic nitrogens is 2. The number of carbonyl (C=O) groups is 1. The molecule has 1 aromatic heterocycles. The van der Waals surface area contributed by atoms with Gasteiger partial charge in [0.25, 0.3) is 5.91 Å². The number of primary amides is 1. The van der Waals surface area contributed by atoms with Gasteiger partial charge in [-0.15, -0.1) is 0 Å². The Morgan fingerprint density at radius 1 is 1.67 bits per heavy atom. The molecule has 0 aliphatic heterocycles. The van der Waals surface area contributed by atoms with E-state index >= 15 is 0 Å². The fourth-order valence-corrected chi connectivity index (χ4v) is 1.63. The number of nitrogens with two attached hydrogens (primary N) is 1. The Balaban J connectivity index is 2.77. The van der Waals surface area contributed by atoms with Crippen molar-refractivity contribution < 1.29 is 4.79 Å². The van der Waals surface area contributed by atoms with Gasteiger partial charge in [-0.25, -0.2) is 0 Å². The first kappa shape index (κ1) is 9.71. The van der Waals surface area contributed by atoms with Crippen molar-refractivity contribution in [3.8, 4) is 0 Å². The van der Waals surface area contributed by atoms with Crippen LogP contribution >= 0.6 is 0 Å². The summed E-state index contributed by atoms with van der Waals surface area (Å²) >= 11 is 0. The average Bonchev–Trinajstić information content (AvgIpc) is 2.56. The summed E-state index contributed by atoms with van der Waals surface area (Å²) in [6.45, 7) is 2.04. The maximum absolute atomic E-state index is 11.2. The van der Waals surface area contributed by atoms with E-state index in [-0.39, 0.29) is 0 Å². The van der Waals surface area contributed by atoms with E-state index in [1.54, 1.807) is 11.7 Å². The Bertz CT molecular complexity index is 528. The molecule has 1 heterocycles. The van der Waals surface area contributed by atoms with E-state index in [1.807, 2.05) is 19.1 Å². The summed E-state index contributed by atoms with van der Waals surface area (Å²) in [5, 5.41) is 4.89. The number of hydrogen-bond acceptors (Lipinski definition) is 2. The van der Waals surface area contributed by atoms with E-state index in [1.165, 1.54) is 0 Å². The number of benzene rings is 1. The molecule has 15 heavy (non-hydrogen) atoms. The predicted octanol–water partition coefficient (Wildman–Crippen LogP) is 1.03. The van der Waals surface area contributed by atoms with Crippen LogP contribution in [0.15, 0.2) is 12.1 Å². The zero-order valence-electron chi connectivity index (χ0n) is 8.74. The summed E-state index contributed by atoms with van der Waals surface area (Å²) in [6, 6.07) is 6.90. The maximum atomic E-state index is 11.2. The van der Waals surface area contributed by atoms with Gasteiger partial charge in [-0.1, -0.05) is 6.92 Å². The van der Waals surface area contributed by atoms with Crippen LogP contribution in [0.25, 0.3) is 10.9 Å². The highest BCUT2D eigenvalue weighted by molar-refractivity contribution is 6.04. The Morgan fingerprint density at radius 3 is 3.00 bits per heavy atom. The molecule has 1 radical (unpaired) electrons. The van der Waals surface area contributed by atoms with E-state index in [9.17, 15) is 4.79 Å². The number of nitrogens with zero attached hydrogens (tertiary/aromatic N) is 2. The predicted molar refractivity (Wildman–Crippen MR) is 57.4 cm³/mol. The van der Waals surface area contributed by atoms with Crippen molar-refractivity contribution in [3.63, 3.8) is 0 Å². The van der Waals surface area contributed by atoms with Crippen molar-refractivity contribution >= 4 is 16.8 Å². The molecule has 0 aliphatic rings. The lowest BCUT2D eigenvalue weighted by Gasteiger charge is -1.97. The van der Waals surface area contributed by atoms with Gasteiger partial charge in [0.15, 0.2) is 5.69 Å². The Kier molecular flexibility index (Phi) is 2.19. The van der Waals surface area contributed by atoms with Gasteiger partial charge in [-0.3, -0.25) is 9.48 Å². The van der Waals surface area contributed by atoms with Crippen molar-refractivity contribution in [2.24, 2.45) is 12.8 Å². The second kappa shape index (κ2) is 3.38. The van der Waals surface area contributed by atoms with E-state index in [0.29, 0.717) is 5.69 Å². The fourth-order valence-electron chi connectivity index (χ4n) is 1.63. The second-order valence-electron chi connectivity index (χ2n) is 3.45. The quantitative estimate of drug-likeness (QED) is 0.790. The molecule has 0 atom stereocenters. The van der Waals surface area contributed by atoms with Crippen LogP contribution in [0.1, 0.15) is 23.0 Å². The smallest absolute Gasteiger partial charge is 0.269 e. The summed E-state index contributed by atoms with van der Waals surface area (Å²) in [5.74, 6) is -0.492. The molecule has 1 aromatic carbocycles. The SMILES string of the molecule is CCc1[c]cc2c(c1)c(C(N)=O)nn2C. The molecule has 0 bridgehead atoms. The molecule has 0 spiro atoms. The van der Waals surface area contributed by atoms with Gasteiger partial charge in [-0.2, -0.15) is 5.10 Å². The molecule has 0 saturated heterocycles. The standard InChI is InChI=1S/C11H12N3O/c1-3-7-4-5-9-8(6-7)10(11(12)15)13-14(9)2/h5-6H,3H2,1-2H3,(H2,12,15). The van der Waals surface area contributed by atoms with E-state index in [4.69, 9.17) is 5.73 Å². The molecule has 0 fully saturated rings. The highest BCUT2D eigenvalue weighted by Gasteiger charge is 2.13. The minimum absolute atomic E-state index is 0.330. The zero-order chi connectivity index (χ0) is 11.0. The minimum atomic E-state index is -0.492. The van der Waals surface area contributed by atoms with Crippen LogP contribution in [-0.2, 0) is 13.5 Å². The third-order valence-electron chi connectivity index (χ3n) is 2.46. The molecule has 2 aromatic rings. The van der Waals surface area contributed by atoms with Crippen LogP contribution in [0.4, 0.5) is 0 Å². The van der Waals surface area contributed by atoms with Gasteiger partial charge in [0.1, 0.15) is 0 Å². The molecular weight excluding hydrogens is 190 g/mol. The lowest BCUT2D eigenvalue weighted by molar-refractivity contribution is 0.0996. The van der Waals surface area contributed by atoms with Gasteiger partial charge in [0.05, 0.1) is 5.52 Å². The molecule has 1 amide bonds. The van der Waals surface area contributed by atoms with Gasteiger partial charge < -0.3 is 5.73 Å². The number of hydrogen-bond donors (Lipinski definition) is 1. The van der Waals surface area contributed by atoms with E-state index in [2.05, 4.69) is 11.2 Å². The third kappa shape index (κ3) is 1.48. The Hall–Kier alpha value is -1.84. The molecule has 0 aliphatic carbocycles. The molecule has 4 nitrogen and oxygen atoms in total. The molecule has 0 saturated carbocycles. The first-order chi connectivity index (χ1) is 7.13. The van der Waals surface area contributed by atoms with Gasteiger partial charge in [0.2, 0.25) is 0 Å². The summed E-state index contributed by atoms with van der Waals surface area (Å²) in [7, 11) is 1.79. The minimum Gasteiger partial charge on any atom is -0.364 e. The third-order valence-corrected chi connectivity index (χ3v) is 2.46. The zero-order valence-corrected chi connectivity index (χ0v) is 8.74. The lowest BCUT2D eigenvalue weighted by atomic mass is 10.1. The topological polar surface area (TPSA) is 60.9 Å². The monoisotopic (exact) mass is 202 g/mol. The normalized spacial score (nSPS) is 10.8. The average molecular weight is 202 g/mol. The number of carbonyl (C=O) groups excluding carboxylic acids is 1. The molecule has 77 valence electrons. The Labute approximate surface area is 87.7 Å². The summed E-state index contributed by atoms with van der Waals surface area (Å²) in [4.78, 5) is 11.2. The number of fused-ring (bicyclic) bond motifs is 1. The largest absolute Gasteiger partial charge is 0.364 e. The first-order valence-electron chi connectivity index (χ1n) is 4.80. The summed E-state index contributed by atoms with van der Waals surface area (Å²) in [6.07, 6.45) is 0.878. The lowest BCUT2D eigenvalue weighted by Crippen LogP contribution is -2.12. The van der Waals surface area contributed by atoms with Crippen molar-refractivity contribution in [1.82, 2.24) is 9.78 Å². The number of amides is 1. The molecule has 0 unspecified atom stereocenters. The van der Waals surface area contributed by atoms with Crippen molar-refractivity contribution in [3.05, 3.63) is 29.5 Å². The van der Waals surface area contributed by atoms with Crippen LogP contribution in [0.2, 0.25) is 0 Å². The molecular formula is C11H12N3O. The van der Waals surface area contributed by atoms with Gasteiger partial charge in [-0.05, 0) is 30.2 Å². The molecule has 2 N–H and O–H groups in total. The highest BCUT2D eigenvalue weighted by Crippen LogP contribution is 2.19. The Morgan fingerprint density at radius 2 is 2.40 bits per heavy atom. The van der Waals surface area contributed by atoms with Gasteiger partial charge in [0, 0.05) is 12.4 Å². The van der Waals surface area contributed by atoms with E-state index < -0.39 is 5.91 Å². The molecule has 2 rings (SSSR count). The highest BCUT2D eigenvalue weighted by atomic mass is 16.1. The number of rotatable bonds is 2. The number of aryl methyl sites for hydroxylation is 2. The van der Waals surface area contributed by atoms with E-state index in [0.717, 1.165) is 22.9 Å². The maximum Gasteiger partial charge on any atom is 0.269 e. The van der Waals surface area contributed by atoms with Crippen molar-refractivity contribution in [1.29, 1.82) is 0 Å². The van der Waals surface area contributed by atoms with Crippen molar-refractivity contribution in [2.75, 3.05) is 0 Å². The van der Waals surface area contributed by atoms with Crippen LogP contribution < -0.4 is 5.73 Å². The van der Waals surface area contributed by atoms with Gasteiger partial charge >= 0.3 is 0 Å². The van der Waals surface area contributed by atoms with Crippen LogP contribution in [0.5, 0.6) is 0 Å². The summed E-state index contributed by atoms with van der Waals surface area (Å²) < 4.78 is 1.64. The van der Waals surface area contributed by atoms with Crippen LogP contribution in [0.3, 0.4) is 0 Å². The molecule has 4 heteroatoms.